The summed E-state index contributed by atoms with van der Waals surface area (Å²) in [6.45, 7) is 0. The van der Waals surface area contributed by atoms with Crippen LogP contribution in [0, 0.1) is 23.3 Å². The Balaban J connectivity index is 2.56. The molecule has 2 nitrogen and oxygen atoms in total. The van der Waals surface area contributed by atoms with Crippen molar-refractivity contribution in [2.24, 2.45) is 0 Å². The van der Waals surface area contributed by atoms with E-state index in [0.29, 0.717) is 0 Å². The molecule has 0 amide bonds. The molecule has 2 rings (SSSR count). The standard InChI is InChI=1S/C12H3F7O2S/c13-7-6(12(17,18)19)8(14)10(16)11(9(7)15)22-5-2-1-4(3-20)21-5/h1-3H. The molecule has 0 saturated heterocycles. The SMILES string of the molecule is O=Cc1ccc(Sc2c(F)c(F)c(C(F)(F)F)c(F)c2F)o1. The zero-order valence-electron chi connectivity index (χ0n) is 10.1. The first-order chi connectivity index (χ1) is 10.2. The first-order valence-electron chi connectivity index (χ1n) is 5.32. The van der Waals surface area contributed by atoms with Gasteiger partial charge in [-0.05, 0) is 23.9 Å². The Kier molecular flexibility index (Phi) is 4.23. The maximum absolute atomic E-state index is 13.6. The molecule has 1 heterocycles. The fourth-order valence-corrected chi connectivity index (χ4v) is 2.34. The van der Waals surface area contributed by atoms with E-state index in [1.807, 2.05) is 0 Å². The van der Waals surface area contributed by atoms with Gasteiger partial charge in [0.05, 0.1) is 4.90 Å². The van der Waals surface area contributed by atoms with Crippen molar-refractivity contribution in [1.29, 1.82) is 0 Å². The van der Waals surface area contributed by atoms with Gasteiger partial charge in [0.25, 0.3) is 0 Å². The minimum atomic E-state index is -5.60. The van der Waals surface area contributed by atoms with E-state index in [4.69, 9.17) is 4.42 Å². The van der Waals surface area contributed by atoms with Crippen molar-refractivity contribution in [2.75, 3.05) is 0 Å². The molecule has 0 radical (unpaired) electrons. The van der Waals surface area contributed by atoms with Gasteiger partial charge >= 0.3 is 6.18 Å². The summed E-state index contributed by atoms with van der Waals surface area (Å²) in [5.41, 5.74) is -2.65. The summed E-state index contributed by atoms with van der Waals surface area (Å²) < 4.78 is 95.8. The summed E-state index contributed by atoms with van der Waals surface area (Å²) in [5, 5.41) is -0.335. The highest BCUT2D eigenvalue weighted by molar-refractivity contribution is 7.99. The molecule has 1 aromatic heterocycles. The maximum Gasteiger partial charge on any atom is 0.422 e. The minimum Gasteiger partial charge on any atom is -0.447 e. The number of carbonyl (C=O) groups is 1. The Morgan fingerprint density at radius 2 is 1.50 bits per heavy atom. The van der Waals surface area contributed by atoms with Crippen molar-refractivity contribution in [3.8, 4) is 0 Å². The van der Waals surface area contributed by atoms with Crippen LogP contribution in [0.3, 0.4) is 0 Å². The average Bonchev–Trinajstić information content (AvgIpc) is 2.88. The van der Waals surface area contributed by atoms with Crippen LogP contribution < -0.4 is 0 Å². The summed E-state index contributed by atoms with van der Waals surface area (Å²) in [4.78, 5) is 9.02. The number of rotatable bonds is 3. The van der Waals surface area contributed by atoms with Gasteiger partial charge in [-0.1, -0.05) is 0 Å². The predicted octanol–water partition coefficient (Wildman–Crippen LogP) is 4.82. The number of benzene rings is 1. The summed E-state index contributed by atoms with van der Waals surface area (Å²) in [6.07, 6.45) is -5.35. The molecule has 0 aliphatic heterocycles. The fourth-order valence-electron chi connectivity index (χ4n) is 1.50. The van der Waals surface area contributed by atoms with Crippen LogP contribution in [0.4, 0.5) is 30.7 Å². The molecule has 0 saturated carbocycles. The third-order valence-corrected chi connectivity index (χ3v) is 3.41. The van der Waals surface area contributed by atoms with Crippen LogP contribution in [-0.4, -0.2) is 6.29 Å². The lowest BCUT2D eigenvalue weighted by Gasteiger charge is -2.13. The van der Waals surface area contributed by atoms with Crippen LogP contribution in [0.25, 0.3) is 0 Å². The normalized spacial score (nSPS) is 11.8. The Labute approximate surface area is 121 Å². The first-order valence-corrected chi connectivity index (χ1v) is 6.14. The van der Waals surface area contributed by atoms with Crippen LogP contribution in [0.5, 0.6) is 0 Å². The van der Waals surface area contributed by atoms with Crippen molar-refractivity contribution in [2.45, 2.75) is 16.2 Å². The molecule has 1 aromatic carbocycles. The van der Waals surface area contributed by atoms with E-state index in [-0.39, 0.29) is 28.9 Å². The van der Waals surface area contributed by atoms with Gasteiger partial charge in [-0.2, -0.15) is 13.2 Å². The number of hydrogen-bond acceptors (Lipinski definition) is 3. The summed E-state index contributed by atoms with van der Waals surface area (Å²) in [5.74, 6) is -9.77. The van der Waals surface area contributed by atoms with Crippen LogP contribution in [0.2, 0.25) is 0 Å². The predicted molar refractivity (Wildman–Crippen MR) is 59.5 cm³/mol. The molecule has 118 valence electrons. The molecule has 0 N–H and O–H groups in total. The van der Waals surface area contributed by atoms with Gasteiger partial charge < -0.3 is 4.42 Å². The summed E-state index contributed by atoms with van der Waals surface area (Å²) >= 11 is 0.00180. The van der Waals surface area contributed by atoms with E-state index < -0.39 is 39.9 Å². The Morgan fingerprint density at radius 3 is 1.91 bits per heavy atom. The first kappa shape index (κ1) is 16.4. The molecule has 0 unspecified atom stereocenters. The van der Waals surface area contributed by atoms with Crippen molar-refractivity contribution >= 4 is 18.0 Å². The topological polar surface area (TPSA) is 30.2 Å². The summed E-state index contributed by atoms with van der Waals surface area (Å²) in [6, 6.07) is 2.16. The molecule has 0 bridgehead atoms. The second kappa shape index (κ2) is 5.67. The minimum absolute atomic E-state index is 0.00180. The van der Waals surface area contributed by atoms with Crippen molar-refractivity contribution < 1.29 is 39.9 Å². The van der Waals surface area contributed by atoms with E-state index >= 15 is 0 Å². The van der Waals surface area contributed by atoms with Crippen molar-refractivity contribution in [3.05, 3.63) is 46.7 Å². The quantitative estimate of drug-likeness (QED) is 0.454. The highest BCUT2D eigenvalue weighted by Crippen LogP contribution is 2.41. The second-order valence-corrected chi connectivity index (χ2v) is 4.85. The maximum atomic E-state index is 13.6. The molecular weight excluding hydrogens is 341 g/mol. The van der Waals surface area contributed by atoms with Gasteiger partial charge in [0.15, 0.2) is 40.4 Å². The molecule has 10 heteroatoms. The average molecular weight is 344 g/mol. The van der Waals surface area contributed by atoms with E-state index in [1.165, 1.54) is 0 Å². The number of hydrogen-bond donors (Lipinski definition) is 0. The molecule has 0 fully saturated rings. The number of alkyl halides is 3. The van der Waals surface area contributed by atoms with Crippen LogP contribution >= 0.6 is 11.8 Å². The van der Waals surface area contributed by atoms with Gasteiger partial charge in [0.1, 0.15) is 5.56 Å². The van der Waals surface area contributed by atoms with Gasteiger partial charge in [-0.3, -0.25) is 4.79 Å². The molecule has 0 atom stereocenters. The van der Waals surface area contributed by atoms with Crippen LogP contribution in [-0.2, 0) is 6.18 Å². The van der Waals surface area contributed by atoms with Crippen molar-refractivity contribution in [1.82, 2.24) is 0 Å². The molecule has 22 heavy (non-hydrogen) atoms. The molecule has 2 aromatic rings. The van der Waals surface area contributed by atoms with Crippen molar-refractivity contribution in [3.63, 3.8) is 0 Å². The molecular formula is C12H3F7O2S. The Morgan fingerprint density at radius 1 is 0.955 bits per heavy atom. The Bertz CT molecular complexity index is 707. The monoisotopic (exact) mass is 344 g/mol. The summed E-state index contributed by atoms with van der Waals surface area (Å²) in [7, 11) is 0. The fraction of sp³-hybridized carbons (Fsp3) is 0.0833. The molecule has 0 spiro atoms. The third kappa shape index (κ3) is 2.82. The lowest BCUT2D eigenvalue weighted by molar-refractivity contribution is -0.143. The third-order valence-electron chi connectivity index (χ3n) is 2.43. The van der Waals surface area contributed by atoms with Gasteiger partial charge in [-0.25, -0.2) is 17.6 Å². The Hall–Kier alpha value is -1.97. The van der Waals surface area contributed by atoms with E-state index in [0.717, 1.165) is 12.1 Å². The highest BCUT2D eigenvalue weighted by Gasteiger charge is 2.42. The number of furan rings is 1. The molecule has 0 aliphatic rings. The van der Waals surface area contributed by atoms with Crippen LogP contribution in [0.15, 0.2) is 26.5 Å². The lowest BCUT2D eigenvalue weighted by Crippen LogP contribution is -2.15. The van der Waals surface area contributed by atoms with E-state index in [1.54, 1.807) is 0 Å². The molecule has 0 aliphatic carbocycles. The van der Waals surface area contributed by atoms with E-state index in [9.17, 15) is 35.5 Å². The number of aldehydes is 1. The largest absolute Gasteiger partial charge is 0.447 e. The number of halogens is 7. The highest BCUT2D eigenvalue weighted by atomic mass is 32.2. The van der Waals surface area contributed by atoms with Gasteiger partial charge in [-0.15, -0.1) is 0 Å². The lowest BCUT2D eigenvalue weighted by atomic mass is 10.1. The zero-order valence-corrected chi connectivity index (χ0v) is 10.9. The van der Waals surface area contributed by atoms with E-state index in [2.05, 4.69) is 0 Å². The smallest absolute Gasteiger partial charge is 0.422 e. The number of carbonyl (C=O) groups excluding carboxylic acids is 1. The van der Waals surface area contributed by atoms with Gasteiger partial charge in [0.2, 0.25) is 0 Å². The van der Waals surface area contributed by atoms with Gasteiger partial charge in [0, 0.05) is 0 Å². The second-order valence-electron chi connectivity index (χ2n) is 3.83. The van der Waals surface area contributed by atoms with Crippen LogP contribution in [0.1, 0.15) is 16.1 Å². The zero-order chi connectivity index (χ0) is 16.7.